The highest BCUT2D eigenvalue weighted by molar-refractivity contribution is 9.10. The topological polar surface area (TPSA) is 88.1 Å². The Kier molecular flexibility index (Phi) is 6.08. The fraction of sp³-hybridized carbons (Fsp3) is 0.300. The molecule has 2 aromatic carbocycles. The van der Waals surface area contributed by atoms with Crippen LogP contribution >= 0.6 is 27.7 Å². The van der Waals surface area contributed by atoms with Crippen LogP contribution < -0.4 is 15.0 Å². The number of rotatable bonds is 5. The minimum atomic E-state index is -3.15. The molecule has 4 rings (SSSR count). The number of aliphatic imine (C=N–C) groups is 1. The Labute approximate surface area is 187 Å². The standard InChI is InChI=1S/C20H20BrN3O4S2/c1-28-18-5-3-2-4-16(18)24-17-12-30(26,27)11-15(17)23-20(24)29-10-19(25)22-14-8-6-13(21)7-9-14/h2-9,15,17H,10-12H2,1H3,(H,22,25)/t15-,17-/m1/s1. The van der Waals surface area contributed by atoms with Crippen LogP contribution in [0.25, 0.3) is 0 Å². The number of amidine groups is 1. The third-order valence-electron chi connectivity index (χ3n) is 4.91. The van der Waals surface area contributed by atoms with Gasteiger partial charge in [-0.1, -0.05) is 39.8 Å². The van der Waals surface area contributed by atoms with Crippen molar-refractivity contribution in [2.45, 2.75) is 12.1 Å². The first-order valence-corrected chi connectivity index (χ1v) is 12.8. The molecule has 2 atom stereocenters. The molecule has 0 saturated carbocycles. The van der Waals surface area contributed by atoms with Crippen LogP contribution in [0.3, 0.4) is 0 Å². The SMILES string of the molecule is COc1ccccc1N1C(SCC(=O)Nc2ccc(Br)cc2)=N[C@@H]2CS(=O)(=O)C[C@H]21. The third-order valence-corrected chi connectivity index (χ3v) is 8.11. The number of fused-ring (bicyclic) bond motifs is 1. The highest BCUT2D eigenvalue weighted by Gasteiger charge is 2.47. The molecule has 2 heterocycles. The minimum absolute atomic E-state index is 0.0263. The third kappa shape index (κ3) is 4.50. The van der Waals surface area contributed by atoms with E-state index in [1.807, 2.05) is 53.4 Å². The second kappa shape index (κ2) is 8.60. The van der Waals surface area contributed by atoms with Crippen LogP contribution in [0.15, 0.2) is 58.0 Å². The van der Waals surface area contributed by atoms with Crippen LogP contribution in [0.5, 0.6) is 5.75 Å². The molecule has 30 heavy (non-hydrogen) atoms. The molecular weight excluding hydrogens is 490 g/mol. The van der Waals surface area contributed by atoms with Crippen LogP contribution in [-0.4, -0.2) is 55.9 Å². The second-order valence-corrected chi connectivity index (χ2v) is 11.0. The number of halogens is 1. The first kappa shape index (κ1) is 21.2. The summed E-state index contributed by atoms with van der Waals surface area (Å²) in [5, 5.41) is 3.49. The Balaban J connectivity index is 1.53. The van der Waals surface area contributed by atoms with Crippen molar-refractivity contribution in [3.63, 3.8) is 0 Å². The Morgan fingerprint density at radius 2 is 1.97 bits per heavy atom. The summed E-state index contributed by atoms with van der Waals surface area (Å²) in [6, 6.07) is 14.2. The van der Waals surface area contributed by atoms with Gasteiger partial charge in [-0.3, -0.25) is 9.79 Å². The van der Waals surface area contributed by atoms with E-state index < -0.39 is 9.84 Å². The van der Waals surface area contributed by atoms with E-state index >= 15 is 0 Å². The normalized spacial score (nSPS) is 21.8. The molecule has 0 bridgehead atoms. The quantitative estimate of drug-likeness (QED) is 0.665. The van der Waals surface area contributed by atoms with E-state index in [-0.39, 0.29) is 35.2 Å². The van der Waals surface area contributed by atoms with E-state index in [0.29, 0.717) is 16.6 Å². The van der Waals surface area contributed by atoms with Gasteiger partial charge in [0.25, 0.3) is 0 Å². The smallest absolute Gasteiger partial charge is 0.234 e. The number of nitrogens with zero attached hydrogens (tertiary/aromatic N) is 2. The monoisotopic (exact) mass is 509 g/mol. The molecule has 2 aliphatic rings. The summed E-state index contributed by atoms with van der Waals surface area (Å²) in [6.07, 6.45) is 0. The molecule has 2 aromatic rings. The van der Waals surface area contributed by atoms with E-state index in [1.165, 1.54) is 11.8 Å². The molecule has 7 nitrogen and oxygen atoms in total. The number of thioether (sulfide) groups is 1. The maximum Gasteiger partial charge on any atom is 0.234 e. The van der Waals surface area contributed by atoms with Gasteiger partial charge in [-0.05, 0) is 36.4 Å². The number of ether oxygens (including phenoxy) is 1. The number of benzene rings is 2. The van der Waals surface area contributed by atoms with Gasteiger partial charge in [0, 0.05) is 10.2 Å². The van der Waals surface area contributed by atoms with Crippen molar-refractivity contribution < 1.29 is 17.9 Å². The van der Waals surface area contributed by atoms with Crippen molar-refractivity contribution in [3.8, 4) is 5.75 Å². The highest BCUT2D eigenvalue weighted by atomic mass is 79.9. The molecule has 0 unspecified atom stereocenters. The van der Waals surface area contributed by atoms with Crippen molar-refractivity contribution in [1.82, 2.24) is 0 Å². The number of carbonyl (C=O) groups excluding carboxylic acids is 1. The Morgan fingerprint density at radius 3 is 2.70 bits per heavy atom. The summed E-state index contributed by atoms with van der Waals surface area (Å²) in [7, 11) is -1.57. The van der Waals surface area contributed by atoms with Gasteiger partial charge in [0.05, 0.1) is 42.1 Å². The summed E-state index contributed by atoms with van der Waals surface area (Å²) < 4.78 is 30.8. The van der Waals surface area contributed by atoms with Crippen LogP contribution in [-0.2, 0) is 14.6 Å². The predicted molar refractivity (Wildman–Crippen MR) is 124 cm³/mol. The molecule has 158 valence electrons. The lowest BCUT2D eigenvalue weighted by Crippen LogP contribution is -2.39. The van der Waals surface area contributed by atoms with E-state index in [1.54, 1.807) is 7.11 Å². The van der Waals surface area contributed by atoms with Crippen LogP contribution in [0.2, 0.25) is 0 Å². The van der Waals surface area contributed by atoms with Crippen molar-refractivity contribution in [1.29, 1.82) is 0 Å². The predicted octanol–water partition coefficient (Wildman–Crippen LogP) is 3.17. The van der Waals surface area contributed by atoms with Gasteiger partial charge in [-0.2, -0.15) is 0 Å². The summed E-state index contributed by atoms with van der Waals surface area (Å²) in [5.41, 5.74) is 1.46. The maximum atomic E-state index is 12.4. The van der Waals surface area contributed by atoms with Gasteiger partial charge in [0.15, 0.2) is 15.0 Å². The lowest BCUT2D eigenvalue weighted by Gasteiger charge is -2.27. The number of carbonyl (C=O) groups is 1. The molecule has 0 radical (unpaired) electrons. The molecule has 2 aliphatic heterocycles. The molecule has 0 aliphatic carbocycles. The molecule has 1 saturated heterocycles. The molecule has 1 fully saturated rings. The van der Waals surface area contributed by atoms with Crippen molar-refractivity contribution in [2.75, 3.05) is 34.6 Å². The van der Waals surface area contributed by atoms with Gasteiger partial charge < -0.3 is 15.0 Å². The van der Waals surface area contributed by atoms with Gasteiger partial charge in [0.1, 0.15) is 5.75 Å². The van der Waals surface area contributed by atoms with E-state index in [4.69, 9.17) is 4.74 Å². The Bertz CT molecular complexity index is 1090. The number of para-hydroxylation sites is 2. The highest BCUT2D eigenvalue weighted by Crippen LogP contribution is 2.39. The van der Waals surface area contributed by atoms with Crippen LogP contribution in [0, 0.1) is 0 Å². The molecule has 1 N–H and O–H groups in total. The number of sulfone groups is 1. The lowest BCUT2D eigenvalue weighted by molar-refractivity contribution is -0.113. The zero-order chi connectivity index (χ0) is 21.3. The first-order chi connectivity index (χ1) is 14.4. The average molecular weight is 510 g/mol. The molecule has 0 spiro atoms. The first-order valence-electron chi connectivity index (χ1n) is 9.25. The number of nitrogens with one attached hydrogen (secondary N) is 1. The largest absolute Gasteiger partial charge is 0.495 e. The summed E-state index contributed by atoms with van der Waals surface area (Å²) in [4.78, 5) is 19.0. The number of anilines is 2. The summed E-state index contributed by atoms with van der Waals surface area (Å²) in [6.45, 7) is 0. The number of amides is 1. The minimum Gasteiger partial charge on any atom is -0.495 e. The van der Waals surface area contributed by atoms with Gasteiger partial charge in [-0.25, -0.2) is 8.42 Å². The number of hydrogen-bond donors (Lipinski definition) is 1. The van der Waals surface area contributed by atoms with E-state index in [9.17, 15) is 13.2 Å². The molecular formula is C20H20BrN3O4S2. The lowest BCUT2D eigenvalue weighted by atomic mass is 10.1. The van der Waals surface area contributed by atoms with Gasteiger partial charge >= 0.3 is 0 Å². The fourth-order valence-electron chi connectivity index (χ4n) is 3.60. The zero-order valence-electron chi connectivity index (χ0n) is 16.1. The Hall–Kier alpha value is -2.04. The van der Waals surface area contributed by atoms with Crippen molar-refractivity contribution in [2.24, 2.45) is 4.99 Å². The fourth-order valence-corrected chi connectivity index (χ4v) is 6.63. The number of methoxy groups -OCH3 is 1. The number of hydrogen-bond acceptors (Lipinski definition) is 7. The van der Waals surface area contributed by atoms with Crippen LogP contribution in [0.1, 0.15) is 0 Å². The average Bonchev–Trinajstić information content (AvgIpc) is 3.19. The van der Waals surface area contributed by atoms with Crippen LogP contribution in [0.4, 0.5) is 11.4 Å². The van der Waals surface area contributed by atoms with E-state index in [0.717, 1.165) is 10.2 Å². The van der Waals surface area contributed by atoms with Crippen molar-refractivity contribution >= 4 is 60.0 Å². The zero-order valence-corrected chi connectivity index (χ0v) is 19.3. The molecule has 1 amide bonds. The summed E-state index contributed by atoms with van der Waals surface area (Å²) in [5.74, 6) is 0.698. The Morgan fingerprint density at radius 1 is 1.23 bits per heavy atom. The summed E-state index contributed by atoms with van der Waals surface area (Å²) >= 11 is 4.67. The molecule has 10 heteroatoms. The maximum absolute atomic E-state index is 12.4. The molecule has 0 aromatic heterocycles. The van der Waals surface area contributed by atoms with Gasteiger partial charge in [0.2, 0.25) is 5.91 Å². The van der Waals surface area contributed by atoms with Gasteiger partial charge in [-0.15, -0.1) is 0 Å². The second-order valence-electron chi connectivity index (χ2n) is 7.01. The van der Waals surface area contributed by atoms with Crippen molar-refractivity contribution in [3.05, 3.63) is 53.0 Å². The van der Waals surface area contributed by atoms with E-state index in [2.05, 4.69) is 26.2 Å².